The van der Waals surface area contributed by atoms with Crippen molar-refractivity contribution < 1.29 is 19.1 Å². The first-order chi connectivity index (χ1) is 12.5. The molecule has 0 aliphatic rings. The highest BCUT2D eigenvalue weighted by Gasteiger charge is 2.09. The zero-order chi connectivity index (χ0) is 18.9. The van der Waals surface area contributed by atoms with Gasteiger partial charge >= 0.3 is 0 Å². The number of amides is 2. The molecule has 0 saturated heterocycles. The quantitative estimate of drug-likeness (QED) is 0.553. The van der Waals surface area contributed by atoms with Crippen molar-refractivity contribution in [1.29, 1.82) is 0 Å². The third-order valence-electron chi connectivity index (χ3n) is 3.35. The van der Waals surface area contributed by atoms with Gasteiger partial charge in [-0.25, -0.2) is 0 Å². The van der Waals surface area contributed by atoms with E-state index in [0.29, 0.717) is 40.1 Å². The van der Waals surface area contributed by atoms with Crippen LogP contribution >= 0.6 is 23.2 Å². The van der Waals surface area contributed by atoms with Crippen LogP contribution in [0.3, 0.4) is 0 Å². The number of hydrogen-bond acceptors (Lipinski definition) is 4. The third kappa shape index (κ3) is 6.13. The molecule has 0 aliphatic carbocycles. The van der Waals surface area contributed by atoms with E-state index in [1.807, 2.05) is 0 Å². The number of carbonyl (C=O) groups excluding carboxylic acids is 2. The highest BCUT2D eigenvalue weighted by atomic mass is 35.5. The standard InChI is InChI=1S/C18H18Cl2N2O4/c1-25-14-5-2-4-12(10-14)18(24)22-21-17(23)6-3-9-26-16-8-7-13(19)11-15(16)20/h2,4-5,7-8,10-11H,3,6,9H2,1H3,(H,21,23)(H,22,24). The van der Waals surface area contributed by atoms with Crippen molar-refractivity contribution in [3.05, 3.63) is 58.1 Å². The van der Waals surface area contributed by atoms with Crippen molar-refractivity contribution in [3.63, 3.8) is 0 Å². The van der Waals surface area contributed by atoms with Crippen molar-refractivity contribution in [1.82, 2.24) is 10.9 Å². The average molecular weight is 397 g/mol. The van der Waals surface area contributed by atoms with E-state index in [1.54, 1.807) is 42.5 Å². The Bertz CT molecular complexity index is 784. The Balaban J connectivity index is 1.69. The van der Waals surface area contributed by atoms with Crippen LogP contribution in [0.15, 0.2) is 42.5 Å². The van der Waals surface area contributed by atoms with Crippen LogP contribution < -0.4 is 20.3 Å². The molecule has 0 bridgehead atoms. The second-order valence-corrected chi connectivity index (χ2v) is 6.10. The maximum atomic E-state index is 12.0. The summed E-state index contributed by atoms with van der Waals surface area (Å²) in [5, 5.41) is 0.931. The lowest BCUT2D eigenvalue weighted by Crippen LogP contribution is -2.41. The number of rotatable bonds is 7. The normalized spacial score (nSPS) is 10.1. The molecular formula is C18H18Cl2N2O4. The van der Waals surface area contributed by atoms with Crippen LogP contribution in [-0.2, 0) is 4.79 Å². The molecule has 0 saturated carbocycles. The molecule has 0 atom stereocenters. The molecule has 0 fully saturated rings. The van der Waals surface area contributed by atoms with Crippen LogP contribution in [0.1, 0.15) is 23.2 Å². The Morgan fingerprint density at radius 2 is 1.88 bits per heavy atom. The minimum Gasteiger partial charge on any atom is -0.497 e. The molecule has 138 valence electrons. The largest absolute Gasteiger partial charge is 0.497 e. The van der Waals surface area contributed by atoms with Crippen LogP contribution in [0, 0.1) is 0 Å². The molecule has 2 N–H and O–H groups in total. The summed E-state index contributed by atoms with van der Waals surface area (Å²) >= 11 is 11.8. The van der Waals surface area contributed by atoms with E-state index in [2.05, 4.69) is 10.9 Å². The highest BCUT2D eigenvalue weighted by Crippen LogP contribution is 2.27. The van der Waals surface area contributed by atoms with Crippen molar-refractivity contribution in [2.45, 2.75) is 12.8 Å². The molecule has 2 aromatic rings. The third-order valence-corrected chi connectivity index (χ3v) is 3.88. The van der Waals surface area contributed by atoms with Gasteiger partial charge in [0.1, 0.15) is 11.5 Å². The summed E-state index contributed by atoms with van der Waals surface area (Å²) in [5.74, 6) is 0.304. The molecule has 2 amide bonds. The second-order valence-electron chi connectivity index (χ2n) is 5.26. The smallest absolute Gasteiger partial charge is 0.269 e. The van der Waals surface area contributed by atoms with Gasteiger partial charge in [-0.3, -0.25) is 20.4 Å². The maximum Gasteiger partial charge on any atom is 0.269 e. The Labute approximate surface area is 161 Å². The molecule has 0 aromatic heterocycles. The fourth-order valence-electron chi connectivity index (χ4n) is 2.03. The average Bonchev–Trinajstić information content (AvgIpc) is 2.64. The predicted molar refractivity (Wildman–Crippen MR) is 99.8 cm³/mol. The summed E-state index contributed by atoms with van der Waals surface area (Å²) in [5.41, 5.74) is 5.09. The van der Waals surface area contributed by atoms with E-state index in [4.69, 9.17) is 32.7 Å². The van der Waals surface area contributed by atoms with Gasteiger partial charge in [0.2, 0.25) is 5.91 Å². The number of methoxy groups -OCH3 is 1. The van der Waals surface area contributed by atoms with Gasteiger partial charge in [-0.15, -0.1) is 0 Å². The van der Waals surface area contributed by atoms with E-state index in [9.17, 15) is 9.59 Å². The lowest BCUT2D eigenvalue weighted by Gasteiger charge is -2.10. The van der Waals surface area contributed by atoms with Gasteiger partial charge in [0, 0.05) is 17.0 Å². The number of halogens is 2. The summed E-state index contributed by atoms with van der Waals surface area (Å²) in [4.78, 5) is 23.7. The molecular weight excluding hydrogens is 379 g/mol. The first-order valence-corrected chi connectivity index (χ1v) is 8.56. The lowest BCUT2D eigenvalue weighted by atomic mass is 10.2. The van der Waals surface area contributed by atoms with Crippen molar-refractivity contribution in [3.8, 4) is 11.5 Å². The minimum absolute atomic E-state index is 0.184. The van der Waals surface area contributed by atoms with Gasteiger partial charge in [-0.2, -0.15) is 0 Å². The van der Waals surface area contributed by atoms with Gasteiger partial charge in [-0.1, -0.05) is 29.3 Å². The number of hydrogen-bond donors (Lipinski definition) is 2. The first-order valence-electron chi connectivity index (χ1n) is 7.80. The zero-order valence-electron chi connectivity index (χ0n) is 14.1. The van der Waals surface area contributed by atoms with E-state index >= 15 is 0 Å². The second kappa shape index (κ2) is 9.89. The van der Waals surface area contributed by atoms with Gasteiger partial charge in [-0.05, 0) is 42.8 Å². The molecule has 0 radical (unpaired) electrons. The van der Waals surface area contributed by atoms with E-state index in [-0.39, 0.29) is 12.3 Å². The highest BCUT2D eigenvalue weighted by molar-refractivity contribution is 6.35. The van der Waals surface area contributed by atoms with Crippen LogP contribution in [0.5, 0.6) is 11.5 Å². The number of benzene rings is 2. The van der Waals surface area contributed by atoms with Gasteiger partial charge in [0.05, 0.1) is 18.7 Å². The fraction of sp³-hybridized carbons (Fsp3) is 0.222. The van der Waals surface area contributed by atoms with E-state index < -0.39 is 5.91 Å². The molecule has 0 aliphatic heterocycles. The minimum atomic E-state index is -0.429. The fourth-order valence-corrected chi connectivity index (χ4v) is 2.50. The van der Waals surface area contributed by atoms with Gasteiger partial charge < -0.3 is 9.47 Å². The summed E-state index contributed by atoms with van der Waals surface area (Å²) in [6.45, 7) is 0.304. The molecule has 2 aromatic carbocycles. The Hall–Kier alpha value is -2.44. The molecule has 0 spiro atoms. The number of ether oxygens (including phenoxy) is 2. The molecule has 8 heteroatoms. The zero-order valence-corrected chi connectivity index (χ0v) is 15.6. The van der Waals surface area contributed by atoms with Crippen LogP contribution in [0.25, 0.3) is 0 Å². The summed E-state index contributed by atoms with van der Waals surface area (Å²) in [7, 11) is 1.51. The molecule has 6 nitrogen and oxygen atoms in total. The molecule has 26 heavy (non-hydrogen) atoms. The SMILES string of the molecule is COc1cccc(C(=O)NNC(=O)CCCOc2ccc(Cl)cc2Cl)c1. The van der Waals surface area contributed by atoms with Gasteiger partial charge in [0.15, 0.2) is 0 Å². The Kier molecular flexibility index (Phi) is 7.56. The van der Waals surface area contributed by atoms with Crippen LogP contribution in [-0.4, -0.2) is 25.5 Å². The monoisotopic (exact) mass is 396 g/mol. The van der Waals surface area contributed by atoms with Crippen LogP contribution in [0.2, 0.25) is 10.0 Å². The molecule has 0 unspecified atom stereocenters. The number of hydrazine groups is 1. The summed E-state index contributed by atoms with van der Waals surface area (Å²) < 4.78 is 10.5. The Morgan fingerprint density at radius 3 is 2.62 bits per heavy atom. The van der Waals surface area contributed by atoms with Gasteiger partial charge in [0.25, 0.3) is 5.91 Å². The van der Waals surface area contributed by atoms with Crippen molar-refractivity contribution >= 4 is 35.0 Å². The maximum absolute atomic E-state index is 12.0. The topological polar surface area (TPSA) is 76.7 Å². The molecule has 0 heterocycles. The Morgan fingerprint density at radius 1 is 1.08 bits per heavy atom. The van der Waals surface area contributed by atoms with E-state index in [1.165, 1.54) is 7.11 Å². The number of carbonyl (C=O) groups is 2. The summed E-state index contributed by atoms with van der Waals surface area (Å²) in [6.07, 6.45) is 0.642. The lowest BCUT2D eigenvalue weighted by molar-refractivity contribution is -0.122. The van der Waals surface area contributed by atoms with E-state index in [0.717, 1.165) is 0 Å². The van der Waals surface area contributed by atoms with Crippen LogP contribution in [0.4, 0.5) is 0 Å². The number of nitrogens with one attached hydrogen (secondary N) is 2. The predicted octanol–water partition coefficient (Wildman–Crippen LogP) is 3.62. The first kappa shape index (κ1) is 19.9. The van der Waals surface area contributed by atoms with Crippen molar-refractivity contribution in [2.24, 2.45) is 0 Å². The summed E-state index contributed by atoms with van der Waals surface area (Å²) in [6, 6.07) is 11.5. The molecule has 2 rings (SSSR count). The van der Waals surface area contributed by atoms with Crippen molar-refractivity contribution in [2.75, 3.05) is 13.7 Å².